The molecule has 0 saturated heterocycles. The number of sulfonamides is 1. The van der Waals surface area contributed by atoms with Crippen molar-refractivity contribution in [3.8, 4) is 11.5 Å². The average molecular weight is 455 g/mol. The molecule has 1 amide bonds. The van der Waals surface area contributed by atoms with Crippen molar-refractivity contribution in [3.63, 3.8) is 0 Å². The van der Waals surface area contributed by atoms with Crippen molar-refractivity contribution in [2.45, 2.75) is 25.9 Å². The number of amides is 1. The SMILES string of the molecule is CCC(NC(=O)CN(Cc1ccccc1Cl)S(C)(=O)=O)c1ccc(OC)c(OC)c1. The molecule has 1 unspecified atom stereocenters. The molecule has 0 aliphatic heterocycles. The number of carbonyl (C=O) groups excluding carboxylic acids is 1. The van der Waals surface area contributed by atoms with Gasteiger partial charge in [0.25, 0.3) is 0 Å². The van der Waals surface area contributed by atoms with Crippen LogP contribution in [0.25, 0.3) is 0 Å². The molecule has 1 atom stereocenters. The molecule has 0 aromatic heterocycles. The summed E-state index contributed by atoms with van der Waals surface area (Å²) >= 11 is 6.15. The molecule has 0 aliphatic rings. The normalized spacial score (nSPS) is 12.5. The molecule has 9 heteroatoms. The predicted molar refractivity (Wildman–Crippen MR) is 117 cm³/mol. The van der Waals surface area contributed by atoms with Gasteiger partial charge in [-0.25, -0.2) is 8.42 Å². The monoisotopic (exact) mass is 454 g/mol. The van der Waals surface area contributed by atoms with Crippen LogP contribution in [0.4, 0.5) is 0 Å². The Morgan fingerprint density at radius 3 is 2.37 bits per heavy atom. The van der Waals surface area contributed by atoms with Gasteiger partial charge in [0.1, 0.15) is 0 Å². The van der Waals surface area contributed by atoms with Gasteiger partial charge in [0.15, 0.2) is 11.5 Å². The molecule has 1 N–H and O–H groups in total. The van der Waals surface area contributed by atoms with Gasteiger partial charge in [-0.15, -0.1) is 0 Å². The maximum Gasteiger partial charge on any atom is 0.235 e. The van der Waals surface area contributed by atoms with Gasteiger partial charge >= 0.3 is 0 Å². The maximum absolute atomic E-state index is 12.7. The molecule has 2 rings (SSSR count). The topological polar surface area (TPSA) is 84.9 Å². The highest BCUT2D eigenvalue weighted by molar-refractivity contribution is 7.88. The smallest absolute Gasteiger partial charge is 0.235 e. The fraction of sp³-hybridized carbons (Fsp3) is 0.381. The number of halogens is 1. The van der Waals surface area contributed by atoms with Crippen LogP contribution in [0.2, 0.25) is 5.02 Å². The molecule has 0 heterocycles. The van der Waals surface area contributed by atoms with E-state index in [1.54, 1.807) is 50.6 Å². The third-order valence-corrected chi connectivity index (χ3v) is 6.21. The zero-order chi connectivity index (χ0) is 22.3. The standard InChI is InChI=1S/C21H27ClN2O5S/c1-5-18(15-10-11-19(28-2)20(12-15)29-3)23-21(25)14-24(30(4,26)27)13-16-8-6-7-9-17(16)22/h6-12,18H,5,13-14H2,1-4H3,(H,23,25). The molecule has 0 fully saturated rings. The summed E-state index contributed by atoms with van der Waals surface area (Å²) in [6.07, 6.45) is 1.69. The van der Waals surface area contributed by atoms with Crippen molar-refractivity contribution >= 4 is 27.5 Å². The first kappa shape index (κ1) is 24.0. The molecule has 164 valence electrons. The first-order valence-electron chi connectivity index (χ1n) is 9.39. The third kappa shape index (κ3) is 6.35. The highest BCUT2D eigenvalue weighted by Crippen LogP contribution is 2.31. The van der Waals surface area contributed by atoms with E-state index in [-0.39, 0.29) is 19.1 Å². The number of hydrogen-bond acceptors (Lipinski definition) is 5. The number of ether oxygens (including phenoxy) is 2. The molecule has 0 spiro atoms. The largest absolute Gasteiger partial charge is 0.493 e. The van der Waals surface area contributed by atoms with E-state index in [0.717, 1.165) is 16.1 Å². The van der Waals surface area contributed by atoms with Crippen molar-refractivity contribution in [2.24, 2.45) is 0 Å². The van der Waals surface area contributed by atoms with Gasteiger partial charge in [0.2, 0.25) is 15.9 Å². The summed E-state index contributed by atoms with van der Waals surface area (Å²) in [4.78, 5) is 12.7. The number of nitrogens with zero attached hydrogens (tertiary/aromatic N) is 1. The fourth-order valence-corrected chi connectivity index (χ4v) is 3.92. The summed E-state index contributed by atoms with van der Waals surface area (Å²) in [5.74, 6) is 0.735. The van der Waals surface area contributed by atoms with Crippen molar-refractivity contribution in [1.29, 1.82) is 0 Å². The molecule has 0 radical (unpaired) electrons. The van der Waals surface area contributed by atoms with Crippen molar-refractivity contribution in [1.82, 2.24) is 9.62 Å². The zero-order valence-corrected chi connectivity index (χ0v) is 19.1. The second kappa shape index (κ2) is 10.7. The predicted octanol–water partition coefficient (Wildman–Crippen LogP) is 3.39. The minimum atomic E-state index is -3.62. The lowest BCUT2D eigenvalue weighted by molar-refractivity contribution is -0.122. The van der Waals surface area contributed by atoms with Gasteiger partial charge in [-0.05, 0) is 35.7 Å². The van der Waals surface area contributed by atoms with Crippen molar-refractivity contribution in [2.75, 3.05) is 27.0 Å². The fourth-order valence-electron chi connectivity index (χ4n) is 3.00. The van der Waals surface area contributed by atoms with Gasteiger partial charge in [0.05, 0.1) is 33.1 Å². The third-order valence-electron chi connectivity index (χ3n) is 4.65. The van der Waals surface area contributed by atoms with Gasteiger partial charge in [-0.3, -0.25) is 4.79 Å². The maximum atomic E-state index is 12.7. The number of methoxy groups -OCH3 is 2. The first-order chi connectivity index (χ1) is 14.2. The number of benzene rings is 2. The van der Waals surface area contributed by atoms with E-state index in [1.807, 2.05) is 13.0 Å². The Morgan fingerprint density at radius 1 is 1.13 bits per heavy atom. The minimum absolute atomic E-state index is 0.0130. The highest BCUT2D eigenvalue weighted by Gasteiger charge is 2.23. The molecule has 0 bridgehead atoms. The van der Waals surface area contributed by atoms with Crippen LogP contribution in [-0.2, 0) is 21.4 Å². The van der Waals surface area contributed by atoms with Gasteiger partial charge in [-0.2, -0.15) is 4.31 Å². The molecule has 2 aromatic rings. The quantitative estimate of drug-likeness (QED) is 0.594. The summed E-state index contributed by atoms with van der Waals surface area (Å²) in [5.41, 5.74) is 1.46. The van der Waals surface area contributed by atoms with Crippen LogP contribution in [0.5, 0.6) is 11.5 Å². The number of rotatable bonds is 10. The Balaban J connectivity index is 2.16. The Labute approximate surface area is 183 Å². The lowest BCUT2D eigenvalue weighted by atomic mass is 10.0. The minimum Gasteiger partial charge on any atom is -0.493 e. The van der Waals surface area contributed by atoms with Crippen LogP contribution in [0.15, 0.2) is 42.5 Å². The Morgan fingerprint density at radius 2 is 1.80 bits per heavy atom. The molecule has 0 aliphatic carbocycles. The van der Waals surface area contributed by atoms with Crippen LogP contribution in [0.1, 0.15) is 30.5 Å². The molecular formula is C21H27ClN2O5S. The Bertz CT molecular complexity index is 981. The number of nitrogens with one attached hydrogen (secondary N) is 1. The van der Waals surface area contributed by atoms with E-state index >= 15 is 0 Å². The number of hydrogen-bond donors (Lipinski definition) is 1. The van der Waals surface area contributed by atoms with E-state index in [4.69, 9.17) is 21.1 Å². The Kier molecular flexibility index (Phi) is 8.52. The lowest BCUT2D eigenvalue weighted by Crippen LogP contribution is -2.41. The second-order valence-electron chi connectivity index (χ2n) is 6.77. The second-order valence-corrected chi connectivity index (χ2v) is 9.15. The van der Waals surface area contributed by atoms with E-state index in [9.17, 15) is 13.2 Å². The molecule has 2 aromatic carbocycles. The van der Waals surface area contributed by atoms with Crippen LogP contribution >= 0.6 is 11.6 Å². The lowest BCUT2D eigenvalue weighted by Gasteiger charge is -2.23. The zero-order valence-electron chi connectivity index (χ0n) is 17.5. The number of carbonyl (C=O) groups is 1. The summed E-state index contributed by atoms with van der Waals surface area (Å²) in [6, 6.07) is 12.0. The Hall–Kier alpha value is -2.29. The summed E-state index contributed by atoms with van der Waals surface area (Å²) in [5, 5.41) is 3.35. The van der Waals surface area contributed by atoms with Crippen molar-refractivity contribution < 1.29 is 22.7 Å². The van der Waals surface area contributed by atoms with Crippen LogP contribution in [0.3, 0.4) is 0 Å². The first-order valence-corrected chi connectivity index (χ1v) is 11.6. The van der Waals surface area contributed by atoms with Crippen LogP contribution in [-0.4, -0.2) is 45.7 Å². The molecule has 7 nitrogen and oxygen atoms in total. The van der Waals surface area contributed by atoms with E-state index in [0.29, 0.717) is 28.5 Å². The van der Waals surface area contributed by atoms with Crippen LogP contribution in [0, 0.1) is 0 Å². The highest BCUT2D eigenvalue weighted by atomic mass is 35.5. The van der Waals surface area contributed by atoms with Gasteiger partial charge in [-0.1, -0.05) is 42.8 Å². The summed E-state index contributed by atoms with van der Waals surface area (Å²) in [7, 11) is -0.532. The van der Waals surface area contributed by atoms with Crippen LogP contribution < -0.4 is 14.8 Å². The van der Waals surface area contributed by atoms with Crippen molar-refractivity contribution in [3.05, 3.63) is 58.6 Å². The van der Waals surface area contributed by atoms with E-state index in [1.165, 1.54) is 0 Å². The summed E-state index contributed by atoms with van der Waals surface area (Å²) in [6.45, 7) is 1.63. The average Bonchev–Trinajstić information content (AvgIpc) is 2.71. The summed E-state index contributed by atoms with van der Waals surface area (Å²) < 4.78 is 36.1. The van der Waals surface area contributed by atoms with E-state index in [2.05, 4.69) is 5.32 Å². The molecular weight excluding hydrogens is 428 g/mol. The van der Waals surface area contributed by atoms with Gasteiger partial charge < -0.3 is 14.8 Å². The molecule has 0 saturated carbocycles. The van der Waals surface area contributed by atoms with E-state index < -0.39 is 15.9 Å². The molecule has 30 heavy (non-hydrogen) atoms. The van der Waals surface area contributed by atoms with Gasteiger partial charge in [0, 0.05) is 11.6 Å².